The molecular weight excluding hydrogens is 342 g/mol. The molecule has 0 aliphatic carbocycles. The van der Waals surface area contributed by atoms with E-state index in [1.165, 1.54) is 5.56 Å². The van der Waals surface area contributed by atoms with Gasteiger partial charge < -0.3 is 20.4 Å². The first kappa shape index (κ1) is 20.7. The Labute approximate surface area is 161 Å². The van der Waals surface area contributed by atoms with Crippen LogP contribution in [0.5, 0.6) is 0 Å². The highest BCUT2D eigenvalue weighted by Crippen LogP contribution is 2.17. The summed E-state index contributed by atoms with van der Waals surface area (Å²) in [6.45, 7) is 2.76. The molecule has 7 nitrogen and oxygen atoms in total. The van der Waals surface area contributed by atoms with Gasteiger partial charge in [-0.1, -0.05) is 30.3 Å². The van der Waals surface area contributed by atoms with Gasteiger partial charge in [-0.2, -0.15) is 0 Å². The van der Waals surface area contributed by atoms with Crippen LogP contribution in [0.4, 0.5) is 0 Å². The van der Waals surface area contributed by atoms with E-state index in [0.29, 0.717) is 31.9 Å². The van der Waals surface area contributed by atoms with Crippen LogP contribution in [0.2, 0.25) is 0 Å². The van der Waals surface area contributed by atoms with Crippen LogP contribution in [0.3, 0.4) is 0 Å². The molecule has 1 aliphatic heterocycles. The van der Waals surface area contributed by atoms with Gasteiger partial charge in [0.1, 0.15) is 0 Å². The maximum Gasteiger partial charge on any atom is 0.223 e. The maximum atomic E-state index is 12.2. The van der Waals surface area contributed by atoms with Gasteiger partial charge in [-0.15, -0.1) is 0 Å². The lowest BCUT2D eigenvalue weighted by atomic mass is 10.1. The molecule has 0 saturated carbocycles. The third-order valence-electron chi connectivity index (χ3n) is 4.72. The minimum atomic E-state index is 0.0772. The summed E-state index contributed by atoms with van der Waals surface area (Å²) in [6, 6.07) is 10.2. The predicted molar refractivity (Wildman–Crippen MR) is 108 cm³/mol. The summed E-state index contributed by atoms with van der Waals surface area (Å²) < 4.78 is 0. The molecule has 27 heavy (non-hydrogen) atoms. The third kappa shape index (κ3) is 6.92. The summed E-state index contributed by atoms with van der Waals surface area (Å²) in [5, 5.41) is 6.41. The van der Waals surface area contributed by atoms with Crippen molar-refractivity contribution in [2.45, 2.75) is 19.3 Å². The SMILES string of the molecule is CN=C(NCCC(=O)N(C)C)NCC1CC(=O)N(CCc2ccccc2)C1. The fraction of sp³-hybridized carbons (Fsp3) is 0.550. The Morgan fingerprint density at radius 3 is 2.67 bits per heavy atom. The lowest BCUT2D eigenvalue weighted by molar-refractivity contribution is -0.129. The van der Waals surface area contributed by atoms with E-state index in [9.17, 15) is 9.59 Å². The highest BCUT2D eigenvalue weighted by atomic mass is 16.2. The van der Waals surface area contributed by atoms with Gasteiger partial charge in [-0.05, 0) is 12.0 Å². The van der Waals surface area contributed by atoms with E-state index in [1.807, 2.05) is 23.1 Å². The molecule has 1 unspecified atom stereocenters. The number of nitrogens with one attached hydrogen (secondary N) is 2. The topological polar surface area (TPSA) is 77.0 Å². The fourth-order valence-electron chi connectivity index (χ4n) is 3.09. The van der Waals surface area contributed by atoms with Gasteiger partial charge in [0.15, 0.2) is 5.96 Å². The molecule has 1 atom stereocenters. The van der Waals surface area contributed by atoms with Crippen LogP contribution in [0.25, 0.3) is 0 Å². The van der Waals surface area contributed by atoms with Crippen LogP contribution < -0.4 is 10.6 Å². The smallest absolute Gasteiger partial charge is 0.223 e. The molecule has 1 fully saturated rings. The molecule has 1 saturated heterocycles. The Hall–Kier alpha value is -2.57. The van der Waals surface area contributed by atoms with Crippen molar-refractivity contribution in [2.75, 3.05) is 47.3 Å². The molecule has 0 bridgehead atoms. The molecule has 0 spiro atoms. The molecule has 1 aromatic carbocycles. The molecule has 2 rings (SSSR count). The lowest BCUT2D eigenvalue weighted by Crippen LogP contribution is -2.41. The molecule has 0 aromatic heterocycles. The van der Waals surface area contributed by atoms with Crippen LogP contribution in [0, 0.1) is 5.92 Å². The zero-order valence-electron chi connectivity index (χ0n) is 16.6. The molecule has 7 heteroatoms. The molecule has 2 amide bonds. The number of hydrogen-bond donors (Lipinski definition) is 2. The molecule has 148 valence electrons. The second-order valence-electron chi connectivity index (χ2n) is 7.06. The number of likely N-dealkylation sites (tertiary alicyclic amines) is 1. The summed E-state index contributed by atoms with van der Waals surface area (Å²) >= 11 is 0. The first-order valence-corrected chi connectivity index (χ1v) is 9.46. The fourth-order valence-corrected chi connectivity index (χ4v) is 3.09. The Morgan fingerprint density at radius 1 is 1.26 bits per heavy atom. The Kier molecular flexibility index (Phi) is 8.10. The van der Waals surface area contributed by atoms with Crippen molar-refractivity contribution in [2.24, 2.45) is 10.9 Å². The average molecular weight is 374 g/mol. The Balaban J connectivity index is 1.69. The monoisotopic (exact) mass is 373 g/mol. The zero-order valence-corrected chi connectivity index (χ0v) is 16.6. The van der Waals surface area contributed by atoms with Gasteiger partial charge in [0.05, 0.1) is 0 Å². The largest absolute Gasteiger partial charge is 0.356 e. The van der Waals surface area contributed by atoms with Crippen LogP contribution >= 0.6 is 0 Å². The number of nitrogens with zero attached hydrogens (tertiary/aromatic N) is 3. The van der Waals surface area contributed by atoms with Gasteiger partial charge in [0.25, 0.3) is 0 Å². The second-order valence-corrected chi connectivity index (χ2v) is 7.06. The highest BCUT2D eigenvalue weighted by molar-refractivity contribution is 5.81. The lowest BCUT2D eigenvalue weighted by Gasteiger charge is -2.18. The van der Waals surface area contributed by atoms with Crippen molar-refractivity contribution in [1.29, 1.82) is 0 Å². The van der Waals surface area contributed by atoms with E-state index in [2.05, 4.69) is 27.8 Å². The highest BCUT2D eigenvalue weighted by Gasteiger charge is 2.29. The number of amides is 2. The van der Waals surface area contributed by atoms with Crippen molar-refractivity contribution >= 4 is 17.8 Å². The summed E-state index contributed by atoms with van der Waals surface area (Å²) in [5.74, 6) is 1.23. The van der Waals surface area contributed by atoms with Crippen molar-refractivity contribution < 1.29 is 9.59 Å². The van der Waals surface area contributed by atoms with Crippen LogP contribution in [0.15, 0.2) is 35.3 Å². The number of aliphatic imine (C=N–C) groups is 1. The van der Waals surface area contributed by atoms with Gasteiger partial charge in [0.2, 0.25) is 11.8 Å². The van der Waals surface area contributed by atoms with Crippen molar-refractivity contribution in [1.82, 2.24) is 20.4 Å². The number of rotatable bonds is 8. The zero-order chi connectivity index (χ0) is 19.6. The predicted octanol–water partition coefficient (Wildman–Crippen LogP) is 0.721. The Morgan fingerprint density at radius 2 is 2.00 bits per heavy atom. The first-order chi connectivity index (χ1) is 13.0. The normalized spacial score (nSPS) is 17.1. The minimum Gasteiger partial charge on any atom is -0.356 e. The van der Waals surface area contributed by atoms with E-state index >= 15 is 0 Å². The average Bonchev–Trinajstić information content (AvgIpc) is 3.03. The van der Waals surface area contributed by atoms with Gasteiger partial charge in [-0.25, -0.2) is 0 Å². The maximum absolute atomic E-state index is 12.2. The van der Waals surface area contributed by atoms with Crippen LogP contribution in [-0.4, -0.2) is 74.9 Å². The number of guanidine groups is 1. The van der Waals surface area contributed by atoms with E-state index < -0.39 is 0 Å². The summed E-state index contributed by atoms with van der Waals surface area (Å²) in [7, 11) is 5.20. The first-order valence-electron chi connectivity index (χ1n) is 9.46. The standard InChI is InChI=1S/C20H31N5O2/c1-21-20(22-11-9-18(26)24(2)3)23-14-17-13-19(27)25(15-17)12-10-16-7-5-4-6-8-16/h4-8,17H,9-15H2,1-3H3,(H2,21,22,23). The van der Waals surface area contributed by atoms with E-state index in [0.717, 1.165) is 19.5 Å². The minimum absolute atomic E-state index is 0.0772. The second kappa shape index (κ2) is 10.5. The third-order valence-corrected chi connectivity index (χ3v) is 4.72. The quantitative estimate of drug-likeness (QED) is 0.520. The number of hydrogen-bond acceptors (Lipinski definition) is 3. The molecule has 1 heterocycles. The van der Waals surface area contributed by atoms with E-state index in [-0.39, 0.29) is 17.7 Å². The summed E-state index contributed by atoms with van der Waals surface area (Å²) in [6.07, 6.45) is 1.87. The van der Waals surface area contributed by atoms with Gasteiger partial charge >= 0.3 is 0 Å². The van der Waals surface area contributed by atoms with Gasteiger partial charge in [-0.3, -0.25) is 14.6 Å². The molecular formula is C20H31N5O2. The molecule has 2 N–H and O–H groups in total. The summed E-state index contributed by atoms with van der Waals surface area (Å²) in [4.78, 5) is 31.5. The van der Waals surface area contributed by atoms with Crippen molar-refractivity contribution in [3.8, 4) is 0 Å². The number of benzene rings is 1. The number of carbonyl (C=O) groups is 2. The van der Waals surface area contributed by atoms with Crippen molar-refractivity contribution in [3.63, 3.8) is 0 Å². The van der Waals surface area contributed by atoms with E-state index in [1.54, 1.807) is 26.0 Å². The Bertz CT molecular complexity index is 645. The molecule has 0 radical (unpaired) electrons. The molecule has 1 aromatic rings. The van der Waals surface area contributed by atoms with Crippen LogP contribution in [0.1, 0.15) is 18.4 Å². The molecule has 1 aliphatic rings. The number of carbonyl (C=O) groups excluding carboxylic acids is 2. The summed E-state index contributed by atoms with van der Waals surface area (Å²) in [5.41, 5.74) is 1.25. The van der Waals surface area contributed by atoms with Crippen LogP contribution in [-0.2, 0) is 16.0 Å². The van der Waals surface area contributed by atoms with Crippen molar-refractivity contribution in [3.05, 3.63) is 35.9 Å². The van der Waals surface area contributed by atoms with Gasteiger partial charge in [0, 0.05) is 66.1 Å². The van der Waals surface area contributed by atoms with E-state index in [4.69, 9.17) is 0 Å².